The fraction of sp³-hybridized carbons (Fsp3) is 0.471. The Balaban J connectivity index is 1.53. The molecule has 0 radical (unpaired) electrons. The molecule has 2 bridgehead atoms. The Labute approximate surface area is 124 Å². The SMILES string of the molecule is Cc1cc2ccc(C(=O)NC3CN4CCC3CC4)cc2o1. The summed E-state index contributed by atoms with van der Waals surface area (Å²) in [6.07, 6.45) is 2.42. The van der Waals surface area contributed by atoms with Gasteiger partial charge in [0.2, 0.25) is 0 Å². The molecule has 0 saturated carbocycles. The summed E-state index contributed by atoms with van der Waals surface area (Å²) in [6, 6.07) is 7.98. The van der Waals surface area contributed by atoms with Crippen LogP contribution in [0.2, 0.25) is 0 Å². The van der Waals surface area contributed by atoms with Crippen molar-refractivity contribution in [1.82, 2.24) is 10.2 Å². The molecule has 1 aromatic heterocycles. The molecule has 2 aromatic rings. The maximum Gasteiger partial charge on any atom is 0.251 e. The van der Waals surface area contributed by atoms with Gasteiger partial charge < -0.3 is 14.6 Å². The quantitative estimate of drug-likeness (QED) is 0.922. The third-order valence-electron chi connectivity index (χ3n) is 4.88. The third kappa shape index (κ3) is 2.33. The molecule has 3 aliphatic heterocycles. The number of carbonyl (C=O) groups is 1. The normalized spacial score (nSPS) is 28.0. The highest BCUT2D eigenvalue weighted by molar-refractivity contribution is 5.97. The zero-order valence-corrected chi connectivity index (χ0v) is 12.3. The molecule has 3 saturated heterocycles. The van der Waals surface area contributed by atoms with Crippen molar-refractivity contribution in [2.24, 2.45) is 5.92 Å². The summed E-state index contributed by atoms with van der Waals surface area (Å²) in [5, 5.41) is 4.26. The van der Waals surface area contributed by atoms with Crippen molar-refractivity contribution in [3.8, 4) is 0 Å². The number of hydrogen-bond donors (Lipinski definition) is 1. The standard InChI is InChI=1S/C17H20N2O2/c1-11-8-13-2-3-14(9-16(13)21-11)17(20)18-15-10-19-6-4-12(15)5-7-19/h2-3,8-9,12,15H,4-7,10H2,1H3,(H,18,20). The van der Waals surface area contributed by atoms with Crippen LogP contribution in [0.1, 0.15) is 29.0 Å². The molecule has 4 heterocycles. The number of carbonyl (C=O) groups excluding carboxylic acids is 1. The van der Waals surface area contributed by atoms with Crippen molar-refractivity contribution in [3.63, 3.8) is 0 Å². The second-order valence-electron chi connectivity index (χ2n) is 6.33. The summed E-state index contributed by atoms with van der Waals surface area (Å²) < 4.78 is 5.61. The van der Waals surface area contributed by atoms with Crippen LogP contribution in [0.3, 0.4) is 0 Å². The first-order valence-electron chi connectivity index (χ1n) is 7.72. The zero-order valence-electron chi connectivity index (χ0n) is 12.3. The largest absolute Gasteiger partial charge is 0.461 e. The molecule has 21 heavy (non-hydrogen) atoms. The monoisotopic (exact) mass is 284 g/mol. The lowest BCUT2D eigenvalue weighted by molar-refractivity contribution is 0.0620. The van der Waals surface area contributed by atoms with Gasteiger partial charge in [0, 0.05) is 23.5 Å². The predicted octanol–water partition coefficient (Wildman–Crippen LogP) is 2.57. The van der Waals surface area contributed by atoms with Crippen LogP contribution in [-0.4, -0.2) is 36.5 Å². The number of amides is 1. The van der Waals surface area contributed by atoms with Gasteiger partial charge in [-0.15, -0.1) is 0 Å². The first-order valence-corrected chi connectivity index (χ1v) is 7.72. The Hall–Kier alpha value is -1.81. The van der Waals surface area contributed by atoms with E-state index in [0.29, 0.717) is 17.5 Å². The van der Waals surface area contributed by atoms with Crippen molar-refractivity contribution < 1.29 is 9.21 Å². The molecule has 3 fully saturated rings. The summed E-state index contributed by atoms with van der Waals surface area (Å²) in [6.45, 7) is 5.30. The van der Waals surface area contributed by atoms with E-state index in [4.69, 9.17) is 4.42 Å². The van der Waals surface area contributed by atoms with Crippen molar-refractivity contribution in [1.29, 1.82) is 0 Å². The Morgan fingerprint density at radius 3 is 2.81 bits per heavy atom. The minimum atomic E-state index is 0.0182. The molecule has 1 N–H and O–H groups in total. The van der Waals surface area contributed by atoms with Crippen molar-refractivity contribution in [2.75, 3.05) is 19.6 Å². The first kappa shape index (κ1) is 12.9. The Morgan fingerprint density at radius 1 is 1.29 bits per heavy atom. The van der Waals surface area contributed by atoms with E-state index >= 15 is 0 Å². The van der Waals surface area contributed by atoms with Crippen molar-refractivity contribution in [2.45, 2.75) is 25.8 Å². The number of hydrogen-bond acceptors (Lipinski definition) is 3. The van der Waals surface area contributed by atoms with Gasteiger partial charge in [-0.25, -0.2) is 0 Å². The van der Waals surface area contributed by atoms with Crippen LogP contribution < -0.4 is 5.32 Å². The molecule has 4 heteroatoms. The van der Waals surface area contributed by atoms with Gasteiger partial charge in [-0.2, -0.15) is 0 Å². The second-order valence-corrected chi connectivity index (χ2v) is 6.33. The second kappa shape index (κ2) is 4.88. The van der Waals surface area contributed by atoms with E-state index < -0.39 is 0 Å². The van der Waals surface area contributed by atoms with Gasteiger partial charge in [0.05, 0.1) is 0 Å². The first-order chi connectivity index (χ1) is 10.2. The maximum atomic E-state index is 12.5. The topological polar surface area (TPSA) is 45.5 Å². The molecule has 1 unspecified atom stereocenters. The van der Waals surface area contributed by atoms with E-state index in [1.54, 1.807) is 0 Å². The van der Waals surface area contributed by atoms with Gasteiger partial charge in [0.25, 0.3) is 5.91 Å². The van der Waals surface area contributed by atoms with Gasteiger partial charge in [-0.05, 0) is 57.0 Å². The number of furan rings is 1. The van der Waals surface area contributed by atoms with Crippen LogP contribution in [0.5, 0.6) is 0 Å². The molecule has 0 aliphatic carbocycles. The molecule has 3 aliphatic rings. The summed E-state index contributed by atoms with van der Waals surface area (Å²) in [4.78, 5) is 14.9. The number of nitrogens with one attached hydrogen (secondary N) is 1. The highest BCUT2D eigenvalue weighted by atomic mass is 16.3. The maximum absolute atomic E-state index is 12.5. The van der Waals surface area contributed by atoms with Crippen LogP contribution >= 0.6 is 0 Å². The molecule has 110 valence electrons. The summed E-state index contributed by atoms with van der Waals surface area (Å²) in [5.74, 6) is 1.54. The molecule has 4 nitrogen and oxygen atoms in total. The highest BCUT2D eigenvalue weighted by Crippen LogP contribution is 2.28. The minimum Gasteiger partial charge on any atom is -0.461 e. The molecule has 5 rings (SSSR count). The molecule has 1 atom stereocenters. The lowest BCUT2D eigenvalue weighted by Crippen LogP contribution is -2.57. The average Bonchev–Trinajstić information content (AvgIpc) is 2.87. The minimum absolute atomic E-state index is 0.0182. The average molecular weight is 284 g/mol. The zero-order chi connectivity index (χ0) is 14.4. The molecular weight excluding hydrogens is 264 g/mol. The van der Waals surface area contributed by atoms with Gasteiger partial charge >= 0.3 is 0 Å². The number of aryl methyl sites for hydroxylation is 1. The number of fused-ring (bicyclic) bond motifs is 4. The fourth-order valence-electron chi connectivity index (χ4n) is 3.69. The van der Waals surface area contributed by atoms with E-state index in [9.17, 15) is 4.79 Å². The smallest absolute Gasteiger partial charge is 0.251 e. The predicted molar refractivity (Wildman–Crippen MR) is 81.4 cm³/mol. The number of nitrogens with zero attached hydrogens (tertiary/aromatic N) is 1. The van der Waals surface area contributed by atoms with Crippen LogP contribution in [-0.2, 0) is 0 Å². The van der Waals surface area contributed by atoms with E-state index in [1.165, 1.54) is 25.9 Å². The van der Waals surface area contributed by atoms with Gasteiger partial charge in [0.15, 0.2) is 0 Å². The lowest BCUT2D eigenvalue weighted by Gasteiger charge is -2.44. The Kier molecular flexibility index (Phi) is 3.00. The third-order valence-corrected chi connectivity index (χ3v) is 4.88. The van der Waals surface area contributed by atoms with Crippen LogP contribution in [0, 0.1) is 12.8 Å². The van der Waals surface area contributed by atoms with E-state index in [0.717, 1.165) is 23.3 Å². The highest BCUT2D eigenvalue weighted by Gasteiger charge is 2.34. The summed E-state index contributed by atoms with van der Waals surface area (Å²) in [7, 11) is 0. The Morgan fingerprint density at radius 2 is 2.10 bits per heavy atom. The van der Waals surface area contributed by atoms with E-state index in [1.807, 2.05) is 31.2 Å². The molecule has 1 aromatic carbocycles. The number of rotatable bonds is 2. The van der Waals surface area contributed by atoms with Crippen molar-refractivity contribution >= 4 is 16.9 Å². The lowest BCUT2D eigenvalue weighted by atomic mass is 9.84. The summed E-state index contributed by atoms with van der Waals surface area (Å²) >= 11 is 0. The van der Waals surface area contributed by atoms with E-state index in [-0.39, 0.29) is 5.91 Å². The number of benzene rings is 1. The fourth-order valence-corrected chi connectivity index (χ4v) is 3.69. The van der Waals surface area contributed by atoms with Crippen molar-refractivity contribution in [3.05, 3.63) is 35.6 Å². The van der Waals surface area contributed by atoms with Crippen LogP contribution in [0.4, 0.5) is 0 Å². The van der Waals surface area contributed by atoms with Gasteiger partial charge in [-0.1, -0.05) is 6.07 Å². The molecular formula is C17H20N2O2. The summed E-state index contributed by atoms with van der Waals surface area (Å²) in [5.41, 5.74) is 1.47. The Bertz CT molecular complexity index is 683. The number of piperidine rings is 3. The van der Waals surface area contributed by atoms with Gasteiger partial charge in [0.1, 0.15) is 11.3 Å². The molecule has 0 spiro atoms. The molecule has 1 amide bonds. The van der Waals surface area contributed by atoms with Crippen LogP contribution in [0.25, 0.3) is 11.0 Å². The van der Waals surface area contributed by atoms with E-state index in [2.05, 4.69) is 10.2 Å². The van der Waals surface area contributed by atoms with Gasteiger partial charge in [-0.3, -0.25) is 4.79 Å². The van der Waals surface area contributed by atoms with Crippen LogP contribution in [0.15, 0.2) is 28.7 Å².